The Kier molecular flexibility index (Phi) is 5.13. The molecule has 0 radical (unpaired) electrons. The fraction of sp³-hybridized carbons (Fsp3) is 0.278. The van der Waals surface area contributed by atoms with Gasteiger partial charge in [0.2, 0.25) is 5.91 Å². The predicted molar refractivity (Wildman–Crippen MR) is 97.8 cm³/mol. The summed E-state index contributed by atoms with van der Waals surface area (Å²) in [6.07, 6.45) is 1.64. The molecule has 7 nitrogen and oxygen atoms in total. The maximum absolute atomic E-state index is 12.0. The minimum Gasteiger partial charge on any atom is -0.353 e. The maximum atomic E-state index is 12.0. The largest absolute Gasteiger partial charge is 0.353 e. The molecule has 130 valence electrons. The first-order chi connectivity index (χ1) is 12.1. The van der Waals surface area contributed by atoms with E-state index in [1.165, 1.54) is 0 Å². The summed E-state index contributed by atoms with van der Waals surface area (Å²) in [6, 6.07) is 12.6. The van der Waals surface area contributed by atoms with Gasteiger partial charge in [0.05, 0.1) is 11.9 Å². The van der Waals surface area contributed by atoms with Crippen LogP contribution in [0.5, 0.6) is 0 Å². The van der Waals surface area contributed by atoms with Crippen molar-refractivity contribution in [3.8, 4) is 0 Å². The first-order valence-electron chi connectivity index (χ1n) is 8.21. The number of para-hydroxylation sites is 1. The van der Waals surface area contributed by atoms with Gasteiger partial charge in [0, 0.05) is 38.8 Å². The molecular formula is C18H21N5O2. The quantitative estimate of drug-likeness (QED) is 0.900. The average molecular weight is 339 g/mol. The Bertz CT molecular complexity index is 725. The lowest BCUT2D eigenvalue weighted by Crippen LogP contribution is -2.48. The number of hydrogen-bond donors (Lipinski definition) is 2. The monoisotopic (exact) mass is 339 g/mol. The third-order valence-corrected chi connectivity index (χ3v) is 4.09. The zero-order chi connectivity index (χ0) is 17.6. The SMILES string of the molecule is CC(=O)N1CCN(c2ccc(NC(=O)Nc3ccccc3)cn2)CC1. The van der Waals surface area contributed by atoms with Crippen molar-refractivity contribution in [2.24, 2.45) is 0 Å². The molecule has 1 fully saturated rings. The first-order valence-corrected chi connectivity index (χ1v) is 8.21. The average Bonchev–Trinajstić information content (AvgIpc) is 2.63. The van der Waals surface area contributed by atoms with E-state index in [1.807, 2.05) is 47.4 Å². The van der Waals surface area contributed by atoms with Gasteiger partial charge in [-0.3, -0.25) is 4.79 Å². The number of anilines is 3. The molecule has 0 saturated carbocycles. The second-order valence-corrected chi connectivity index (χ2v) is 5.84. The highest BCUT2D eigenvalue weighted by Crippen LogP contribution is 2.16. The van der Waals surface area contributed by atoms with Crippen molar-refractivity contribution in [3.63, 3.8) is 0 Å². The zero-order valence-electron chi connectivity index (χ0n) is 14.1. The number of rotatable bonds is 3. The van der Waals surface area contributed by atoms with Gasteiger partial charge in [-0.1, -0.05) is 18.2 Å². The van der Waals surface area contributed by atoms with Crippen LogP contribution < -0.4 is 15.5 Å². The van der Waals surface area contributed by atoms with Crippen LogP contribution in [-0.4, -0.2) is 48.0 Å². The molecule has 3 amide bonds. The summed E-state index contributed by atoms with van der Waals surface area (Å²) in [6.45, 7) is 4.52. The van der Waals surface area contributed by atoms with Gasteiger partial charge < -0.3 is 20.4 Å². The standard InChI is InChI=1S/C18H21N5O2/c1-14(24)22-9-11-23(12-10-22)17-8-7-16(13-19-17)21-18(25)20-15-5-3-2-4-6-15/h2-8,13H,9-12H2,1H3,(H2,20,21,25). The van der Waals surface area contributed by atoms with E-state index < -0.39 is 0 Å². The van der Waals surface area contributed by atoms with Crippen LogP contribution >= 0.6 is 0 Å². The summed E-state index contributed by atoms with van der Waals surface area (Å²) >= 11 is 0. The number of nitrogens with one attached hydrogen (secondary N) is 2. The van der Waals surface area contributed by atoms with Gasteiger partial charge in [-0.2, -0.15) is 0 Å². The lowest BCUT2D eigenvalue weighted by molar-refractivity contribution is -0.129. The molecule has 2 aromatic rings. The summed E-state index contributed by atoms with van der Waals surface area (Å²) in [7, 11) is 0. The lowest BCUT2D eigenvalue weighted by Gasteiger charge is -2.34. The van der Waals surface area contributed by atoms with Crippen molar-refractivity contribution in [2.75, 3.05) is 41.7 Å². The molecule has 25 heavy (non-hydrogen) atoms. The lowest BCUT2D eigenvalue weighted by atomic mass is 10.3. The Morgan fingerprint density at radius 2 is 1.60 bits per heavy atom. The van der Waals surface area contributed by atoms with Crippen LogP contribution in [0.1, 0.15) is 6.92 Å². The van der Waals surface area contributed by atoms with E-state index >= 15 is 0 Å². The summed E-state index contributed by atoms with van der Waals surface area (Å²) in [5, 5.41) is 5.52. The topological polar surface area (TPSA) is 77.6 Å². The molecule has 1 aliphatic heterocycles. The molecule has 1 aliphatic rings. The first kappa shape index (κ1) is 16.8. The van der Waals surface area contributed by atoms with Crippen LogP contribution in [0.2, 0.25) is 0 Å². The van der Waals surface area contributed by atoms with Gasteiger partial charge in [-0.15, -0.1) is 0 Å². The van der Waals surface area contributed by atoms with Crippen LogP contribution in [0.15, 0.2) is 48.7 Å². The van der Waals surface area contributed by atoms with Crippen LogP contribution in [0, 0.1) is 0 Å². The third kappa shape index (κ3) is 4.47. The number of aromatic nitrogens is 1. The summed E-state index contributed by atoms with van der Waals surface area (Å²) in [4.78, 5) is 31.7. The van der Waals surface area contributed by atoms with Crippen molar-refractivity contribution < 1.29 is 9.59 Å². The van der Waals surface area contributed by atoms with Gasteiger partial charge in [-0.25, -0.2) is 9.78 Å². The zero-order valence-corrected chi connectivity index (χ0v) is 14.1. The van der Waals surface area contributed by atoms with Gasteiger partial charge in [0.1, 0.15) is 5.82 Å². The molecule has 3 rings (SSSR count). The van der Waals surface area contributed by atoms with E-state index in [-0.39, 0.29) is 11.9 Å². The van der Waals surface area contributed by atoms with Crippen molar-refractivity contribution in [1.29, 1.82) is 0 Å². The number of nitrogens with zero attached hydrogens (tertiary/aromatic N) is 3. The van der Waals surface area contributed by atoms with E-state index in [4.69, 9.17) is 0 Å². The van der Waals surface area contributed by atoms with Crippen LogP contribution in [-0.2, 0) is 4.79 Å². The van der Waals surface area contributed by atoms with Crippen LogP contribution in [0.3, 0.4) is 0 Å². The molecule has 2 heterocycles. The van der Waals surface area contributed by atoms with Crippen molar-refractivity contribution in [3.05, 3.63) is 48.7 Å². The molecule has 0 bridgehead atoms. The maximum Gasteiger partial charge on any atom is 0.323 e. The number of carbonyl (C=O) groups is 2. The molecule has 1 aromatic heterocycles. The van der Waals surface area contributed by atoms with E-state index in [2.05, 4.69) is 20.5 Å². The van der Waals surface area contributed by atoms with Gasteiger partial charge in [-0.05, 0) is 24.3 Å². The Labute approximate surface area is 146 Å². The van der Waals surface area contributed by atoms with Gasteiger partial charge in [0.25, 0.3) is 0 Å². The predicted octanol–water partition coefficient (Wildman–Crippen LogP) is 2.39. The molecule has 0 spiro atoms. The Morgan fingerprint density at radius 1 is 0.920 bits per heavy atom. The smallest absolute Gasteiger partial charge is 0.323 e. The fourth-order valence-corrected chi connectivity index (χ4v) is 2.71. The molecule has 7 heteroatoms. The fourth-order valence-electron chi connectivity index (χ4n) is 2.71. The minimum atomic E-state index is -0.309. The van der Waals surface area contributed by atoms with Gasteiger partial charge >= 0.3 is 6.03 Å². The second kappa shape index (κ2) is 7.65. The third-order valence-electron chi connectivity index (χ3n) is 4.09. The summed E-state index contributed by atoms with van der Waals surface area (Å²) in [5.41, 5.74) is 1.35. The Morgan fingerprint density at radius 3 is 2.20 bits per heavy atom. The van der Waals surface area contributed by atoms with Crippen LogP contribution in [0.25, 0.3) is 0 Å². The molecule has 0 atom stereocenters. The number of amides is 3. The van der Waals surface area contributed by atoms with E-state index in [0.717, 1.165) is 24.6 Å². The molecule has 0 unspecified atom stereocenters. The van der Waals surface area contributed by atoms with Crippen molar-refractivity contribution in [2.45, 2.75) is 6.92 Å². The number of urea groups is 1. The number of benzene rings is 1. The molecule has 1 saturated heterocycles. The second-order valence-electron chi connectivity index (χ2n) is 5.84. The normalized spacial score (nSPS) is 14.1. The molecule has 2 N–H and O–H groups in total. The number of pyridine rings is 1. The molecule has 0 aliphatic carbocycles. The summed E-state index contributed by atoms with van der Waals surface area (Å²) in [5.74, 6) is 0.953. The van der Waals surface area contributed by atoms with E-state index in [9.17, 15) is 9.59 Å². The van der Waals surface area contributed by atoms with E-state index in [1.54, 1.807) is 13.1 Å². The van der Waals surface area contributed by atoms with Gasteiger partial charge in [0.15, 0.2) is 0 Å². The van der Waals surface area contributed by atoms with E-state index in [0.29, 0.717) is 18.8 Å². The number of hydrogen-bond acceptors (Lipinski definition) is 4. The number of carbonyl (C=O) groups excluding carboxylic acids is 2. The number of piperazine rings is 1. The van der Waals surface area contributed by atoms with Crippen molar-refractivity contribution in [1.82, 2.24) is 9.88 Å². The minimum absolute atomic E-state index is 0.108. The van der Waals surface area contributed by atoms with Crippen molar-refractivity contribution >= 4 is 29.1 Å². The highest BCUT2D eigenvalue weighted by molar-refractivity contribution is 5.99. The summed E-state index contributed by atoms with van der Waals surface area (Å²) < 4.78 is 0. The molecule has 1 aromatic carbocycles. The highest BCUT2D eigenvalue weighted by atomic mass is 16.2. The Hall–Kier alpha value is -3.09. The highest BCUT2D eigenvalue weighted by Gasteiger charge is 2.19. The Balaban J connectivity index is 1.54. The molecular weight excluding hydrogens is 318 g/mol. The van der Waals surface area contributed by atoms with Crippen LogP contribution in [0.4, 0.5) is 22.0 Å².